The van der Waals surface area contributed by atoms with Crippen molar-refractivity contribution in [2.75, 3.05) is 11.4 Å². The van der Waals surface area contributed by atoms with Crippen molar-refractivity contribution in [3.8, 4) is 0 Å². The average molecular weight is 241 g/mol. The summed E-state index contributed by atoms with van der Waals surface area (Å²) in [6.07, 6.45) is 6.32. The molecule has 0 radical (unpaired) electrons. The van der Waals surface area contributed by atoms with Crippen LogP contribution in [0.3, 0.4) is 0 Å². The molecule has 1 saturated heterocycles. The predicted molar refractivity (Wildman–Crippen MR) is 58.0 cm³/mol. The molecule has 3 heteroatoms. The molecule has 0 aromatic carbocycles. The lowest BCUT2D eigenvalue weighted by molar-refractivity contribution is 0.733. The molecule has 1 unspecified atom stereocenters. The fourth-order valence-corrected chi connectivity index (χ4v) is 2.37. The Kier molecular flexibility index (Phi) is 2.54. The van der Waals surface area contributed by atoms with Crippen LogP contribution in [0.5, 0.6) is 0 Å². The summed E-state index contributed by atoms with van der Waals surface area (Å²) >= 11 is 3.53. The highest BCUT2D eigenvalue weighted by Crippen LogP contribution is 2.30. The van der Waals surface area contributed by atoms with Crippen molar-refractivity contribution in [3.05, 3.63) is 22.9 Å². The van der Waals surface area contributed by atoms with Crippen LogP contribution in [0.4, 0.5) is 5.69 Å². The molecule has 0 bridgehead atoms. The van der Waals surface area contributed by atoms with E-state index in [1.54, 1.807) is 0 Å². The normalized spacial score (nSPS) is 22.3. The van der Waals surface area contributed by atoms with E-state index in [1.807, 2.05) is 12.4 Å². The monoisotopic (exact) mass is 240 g/mol. The van der Waals surface area contributed by atoms with Gasteiger partial charge in [-0.2, -0.15) is 0 Å². The molecule has 2 nitrogen and oxygen atoms in total. The van der Waals surface area contributed by atoms with Crippen LogP contribution in [0.1, 0.15) is 19.8 Å². The van der Waals surface area contributed by atoms with E-state index in [4.69, 9.17) is 0 Å². The lowest BCUT2D eigenvalue weighted by Crippen LogP contribution is -2.26. The van der Waals surface area contributed by atoms with Crippen LogP contribution in [0.2, 0.25) is 0 Å². The minimum absolute atomic E-state index is 0.665. The molecule has 2 heterocycles. The van der Waals surface area contributed by atoms with Crippen LogP contribution in [0.15, 0.2) is 22.9 Å². The highest BCUT2D eigenvalue weighted by molar-refractivity contribution is 9.10. The van der Waals surface area contributed by atoms with E-state index < -0.39 is 0 Å². The Balaban J connectivity index is 2.29. The maximum absolute atomic E-state index is 4.07. The molecule has 1 aliphatic heterocycles. The predicted octanol–water partition coefficient (Wildman–Crippen LogP) is 2.83. The fourth-order valence-electron chi connectivity index (χ4n) is 1.89. The summed E-state index contributed by atoms with van der Waals surface area (Å²) in [5.41, 5.74) is 1.28. The van der Waals surface area contributed by atoms with Gasteiger partial charge >= 0.3 is 0 Å². The third-order valence-electron chi connectivity index (χ3n) is 2.61. The van der Waals surface area contributed by atoms with Crippen LogP contribution in [0, 0.1) is 0 Å². The van der Waals surface area contributed by atoms with Crippen molar-refractivity contribution >= 4 is 21.6 Å². The molecule has 1 aliphatic rings. The number of anilines is 1. The van der Waals surface area contributed by atoms with Crippen LogP contribution < -0.4 is 4.90 Å². The first-order chi connectivity index (χ1) is 6.29. The molecule has 0 spiro atoms. The summed E-state index contributed by atoms with van der Waals surface area (Å²) in [5, 5.41) is 0. The minimum Gasteiger partial charge on any atom is -0.368 e. The third kappa shape index (κ3) is 1.70. The van der Waals surface area contributed by atoms with Crippen molar-refractivity contribution in [2.45, 2.75) is 25.8 Å². The molecular formula is C10H13BrN2. The molecule has 1 fully saturated rings. The number of hydrogen-bond acceptors (Lipinski definition) is 2. The first kappa shape index (κ1) is 9.00. The second-order valence-corrected chi connectivity index (χ2v) is 4.37. The van der Waals surface area contributed by atoms with Crippen LogP contribution >= 0.6 is 15.9 Å². The molecule has 1 aromatic heterocycles. The lowest BCUT2D eigenvalue weighted by Gasteiger charge is -2.24. The largest absolute Gasteiger partial charge is 0.368 e. The van der Waals surface area contributed by atoms with Gasteiger partial charge in [0, 0.05) is 25.0 Å². The molecular weight excluding hydrogens is 228 g/mol. The lowest BCUT2D eigenvalue weighted by atomic mass is 10.2. The Morgan fingerprint density at radius 3 is 3.08 bits per heavy atom. The number of rotatable bonds is 1. The van der Waals surface area contributed by atoms with Crippen molar-refractivity contribution in [1.29, 1.82) is 0 Å². The molecule has 0 aliphatic carbocycles. The van der Waals surface area contributed by atoms with E-state index in [-0.39, 0.29) is 0 Å². The van der Waals surface area contributed by atoms with Crippen molar-refractivity contribution in [2.24, 2.45) is 0 Å². The van der Waals surface area contributed by atoms with Gasteiger partial charge in [0.25, 0.3) is 0 Å². The number of halogens is 1. The summed E-state index contributed by atoms with van der Waals surface area (Å²) in [6, 6.07) is 2.74. The quantitative estimate of drug-likeness (QED) is 0.751. The minimum atomic E-state index is 0.665. The Morgan fingerprint density at radius 1 is 1.62 bits per heavy atom. The summed E-state index contributed by atoms with van der Waals surface area (Å²) in [4.78, 5) is 6.50. The van der Waals surface area contributed by atoms with Gasteiger partial charge in [0.1, 0.15) is 0 Å². The Bertz CT molecular complexity index is 301. The Labute approximate surface area is 87.1 Å². The number of pyridine rings is 1. The highest BCUT2D eigenvalue weighted by Gasteiger charge is 2.21. The van der Waals surface area contributed by atoms with Gasteiger partial charge in [-0.25, -0.2) is 0 Å². The van der Waals surface area contributed by atoms with Gasteiger partial charge in [0.2, 0.25) is 0 Å². The van der Waals surface area contributed by atoms with Gasteiger partial charge in [0.05, 0.1) is 10.2 Å². The summed E-state index contributed by atoms with van der Waals surface area (Å²) in [7, 11) is 0. The van der Waals surface area contributed by atoms with Gasteiger partial charge in [-0.1, -0.05) is 0 Å². The highest BCUT2D eigenvalue weighted by atomic mass is 79.9. The standard InChI is InChI=1S/C10H13BrN2/c1-8-3-2-6-13(8)10-4-5-12-7-9(10)11/h4-5,7-8H,2-3,6H2,1H3. The second-order valence-electron chi connectivity index (χ2n) is 3.51. The van der Waals surface area contributed by atoms with E-state index >= 15 is 0 Å². The van der Waals surface area contributed by atoms with E-state index in [1.165, 1.54) is 25.1 Å². The molecule has 1 atom stereocenters. The van der Waals surface area contributed by atoms with Crippen LogP contribution in [0.25, 0.3) is 0 Å². The summed E-state index contributed by atoms with van der Waals surface area (Å²) in [6.45, 7) is 3.45. The smallest absolute Gasteiger partial charge is 0.0592 e. The fraction of sp³-hybridized carbons (Fsp3) is 0.500. The zero-order chi connectivity index (χ0) is 9.26. The van der Waals surface area contributed by atoms with Crippen LogP contribution in [-0.4, -0.2) is 17.6 Å². The first-order valence-electron chi connectivity index (χ1n) is 4.65. The maximum atomic E-state index is 4.07. The molecule has 70 valence electrons. The van der Waals surface area contributed by atoms with Gasteiger partial charge < -0.3 is 4.90 Å². The van der Waals surface area contributed by atoms with E-state index in [0.29, 0.717) is 6.04 Å². The van der Waals surface area contributed by atoms with Crippen molar-refractivity contribution < 1.29 is 0 Å². The van der Waals surface area contributed by atoms with E-state index in [2.05, 4.69) is 38.8 Å². The zero-order valence-corrected chi connectivity index (χ0v) is 9.29. The van der Waals surface area contributed by atoms with Crippen LogP contribution in [-0.2, 0) is 0 Å². The third-order valence-corrected chi connectivity index (χ3v) is 3.22. The van der Waals surface area contributed by atoms with Gasteiger partial charge in [-0.05, 0) is 41.8 Å². The summed E-state index contributed by atoms with van der Waals surface area (Å²) < 4.78 is 1.10. The number of hydrogen-bond donors (Lipinski definition) is 0. The number of aromatic nitrogens is 1. The number of nitrogens with zero attached hydrogens (tertiary/aromatic N) is 2. The SMILES string of the molecule is CC1CCCN1c1ccncc1Br. The topological polar surface area (TPSA) is 16.1 Å². The molecule has 0 saturated carbocycles. The molecule has 0 amide bonds. The molecule has 2 rings (SSSR count). The Morgan fingerprint density at radius 2 is 2.46 bits per heavy atom. The van der Waals surface area contributed by atoms with E-state index in [9.17, 15) is 0 Å². The Hall–Kier alpha value is -0.570. The average Bonchev–Trinajstić information content (AvgIpc) is 2.52. The van der Waals surface area contributed by atoms with Gasteiger partial charge in [0.15, 0.2) is 0 Å². The maximum Gasteiger partial charge on any atom is 0.0592 e. The van der Waals surface area contributed by atoms with E-state index in [0.717, 1.165) is 4.47 Å². The van der Waals surface area contributed by atoms with Crippen molar-refractivity contribution in [1.82, 2.24) is 4.98 Å². The zero-order valence-electron chi connectivity index (χ0n) is 7.70. The first-order valence-corrected chi connectivity index (χ1v) is 5.44. The molecule has 13 heavy (non-hydrogen) atoms. The van der Waals surface area contributed by atoms with Gasteiger partial charge in [-0.15, -0.1) is 0 Å². The van der Waals surface area contributed by atoms with Gasteiger partial charge in [-0.3, -0.25) is 4.98 Å². The molecule has 1 aromatic rings. The molecule has 0 N–H and O–H groups in total. The summed E-state index contributed by atoms with van der Waals surface area (Å²) in [5.74, 6) is 0. The second kappa shape index (κ2) is 3.66. The van der Waals surface area contributed by atoms with Crippen molar-refractivity contribution in [3.63, 3.8) is 0 Å².